The third-order valence-electron chi connectivity index (χ3n) is 4.44. The molecule has 1 amide bonds. The molecule has 0 radical (unpaired) electrons. The molecule has 4 nitrogen and oxygen atoms in total. The standard InChI is InChI=1S/C16H30N2O2/c1-2-3-11-18(13-14-6-4-10-17-14)16(19)9-8-15-7-5-12-20-15/h14-15,17H,2-13H2,1H3. The van der Waals surface area contributed by atoms with Crippen LogP contribution >= 0.6 is 0 Å². The first-order valence-electron chi connectivity index (χ1n) is 8.42. The average Bonchev–Trinajstić information content (AvgIpc) is 3.13. The largest absolute Gasteiger partial charge is 0.378 e. The second-order valence-electron chi connectivity index (χ2n) is 6.16. The summed E-state index contributed by atoms with van der Waals surface area (Å²) < 4.78 is 5.61. The number of carbonyl (C=O) groups excluding carboxylic acids is 1. The van der Waals surface area contributed by atoms with Crippen molar-refractivity contribution in [1.29, 1.82) is 0 Å². The average molecular weight is 282 g/mol. The molecule has 0 aromatic heterocycles. The fourth-order valence-corrected chi connectivity index (χ4v) is 3.16. The molecule has 2 saturated heterocycles. The maximum absolute atomic E-state index is 12.4. The summed E-state index contributed by atoms with van der Waals surface area (Å²) in [5, 5.41) is 3.50. The fourth-order valence-electron chi connectivity index (χ4n) is 3.16. The number of unbranched alkanes of at least 4 members (excludes halogenated alkanes) is 1. The Bertz CT molecular complexity index is 284. The van der Waals surface area contributed by atoms with Crippen LogP contribution in [0.2, 0.25) is 0 Å². The molecule has 4 heteroatoms. The van der Waals surface area contributed by atoms with Crippen LogP contribution in [0.15, 0.2) is 0 Å². The maximum atomic E-state index is 12.4. The smallest absolute Gasteiger partial charge is 0.222 e. The van der Waals surface area contributed by atoms with Crippen LogP contribution in [-0.2, 0) is 9.53 Å². The van der Waals surface area contributed by atoms with Gasteiger partial charge in [-0.05, 0) is 45.1 Å². The molecule has 20 heavy (non-hydrogen) atoms. The number of carbonyl (C=O) groups is 1. The quantitative estimate of drug-likeness (QED) is 0.743. The van der Waals surface area contributed by atoms with Crippen LogP contribution in [0, 0.1) is 0 Å². The van der Waals surface area contributed by atoms with Crippen LogP contribution in [0.3, 0.4) is 0 Å². The number of hydrogen-bond acceptors (Lipinski definition) is 3. The summed E-state index contributed by atoms with van der Waals surface area (Å²) in [6.45, 7) is 5.98. The molecule has 2 fully saturated rings. The third-order valence-corrected chi connectivity index (χ3v) is 4.44. The lowest BCUT2D eigenvalue weighted by Gasteiger charge is -2.26. The van der Waals surface area contributed by atoms with Crippen molar-refractivity contribution < 1.29 is 9.53 Å². The highest BCUT2D eigenvalue weighted by atomic mass is 16.5. The van der Waals surface area contributed by atoms with E-state index in [-0.39, 0.29) is 0 Å². The van der Waals surface area contributed by atoms with E-state index in [2.05, 4.69) is 17.1 Å². The zero-order valence-corrected chi connectivity index (χ0v) is 12.9. The van der Waals surface area contributed by atoms with Crippen LogP contribution in [0.5, 0.6) is 0 Å². The molecule has 1 N–H and O–H groups in total. The molecule has 2 atom stereocenters. The van der Waals surface area contributed by atoms with Gasteiger partial charge in [0.25, 0.3) is 0 Å². The van der Waals surface area contributed by atoms with E-state index in [1.807, 2.05) is 0 Å². The molecule has 2 aliphatic heterocycles. The molecule has 2 unspecified atom stereocenters. The number of rotatable bonds is 8. The van der Waals surface area contributed by atoms with Crippen LogP contribution < -0.4 is 5.32 Å². The fraction of sp³-hybridized carbons (Fsp3) is 0.938. The van der Waals surface area contributed by atoms with Crippen LogP contribution in [-0.4, -0.2) is 49.2 Å². The van der Waals surface area contributed by atoms with Crippen LogP contribution in [0.4, 0.5) is 0 Å². The molecular formula is C16H30N2O2. The Balaban J connectivity index is 1.75. The molecule has 0 aromatic carbocycles. The van der Waals surface area contributed by atoms with E-state index in [0.717, 1.165) is 58.3 Å². The Morgan fingerprint density at radius 1 is 1.35 bits per heavy atom. The highest BCUT2D eigenvalue weighted by molar-refractivity contribution is 5.76. The van der Waals surface area contributed by atoms with E-state index in [1.165, 1.54) is 12.8 Å². The molecule has 2 heterocycles. The Hall–Kier alpha value is -0.610. The molecule has 0 aliphatic carbocycles. The van der Waals surface area contributed by atoms with Gasteiger partial charge in [0.2, 0.25) is 5.91 Å². The number of nitrogens with one attached hydrogen (secondary N) is 1. The monoisotopic (exact) mass is 282 g/mol. The predicted octanol–water partition coefficient (Wildman–Crippen LogP) is 2.33. The van der Waals surface area contributed by atoms with E-state index in [4.69, 9.17) is 4.74 Å². The van der Waals surface area contributed by atoms with Crippen molar-refractivity contribution in [2.24, 2.45) is 0 Å². The first kappa shape index (κ1) is 15.8. The van der Waals surface area contributed by atoms with Gasteiger partial charge < -0.3 is 15.0 Å². The summed E-state index contributed by atoms with van der Waals surface area (Å²) in [6, 6.07) is 0.513. The van der Waals surface area contributed by atoms with Gasteiger partial charge in [-0.1, -0.05) is 13.3 Å². The minimum absolute atomic E-state index is 0.322. The summed E-state index contributed by atoms with van der Waals surface area (Å²) in [6.07, 6.45) is 8.89. The topological polar surface area (TPSA) is 41.6 Å². The molecule has 0 bridgehead atoms. The van der Waals surface area contributed by atoms with Gasteiger partial charge in [-0.15, -0.1) is 0 Å². The lowest BCUT2D eigenvalue weighted by atomic mass is 10.1. The molecular weight excluding hydrogens is 252 g/mol. The van der Waals surface area contributed by atoms with Crippen molar-refractivity contribution in [2.75, 3.05) is 26.2 Å². The van der Waals surface area contributed by atoms with E-state index in [1.54, 1.807) is 0 Å². The Labute approximate surface area is 123 Å². The molecule has 0 aromatic rings. The second-order valence-corrected chi connectivity index (χ2v) is 6.16. The van der Waals surface area contributed by atoms with Crippen molar-refractivity contribution in [1.82, 2.24) is 10.2 Å². The lowest BCUT2D eigenvalue weighted by molar-refractivity contribution is -0.132. The van der Waals surface area contributed by atoms with Gasteiger partial charge in [-0.25, -0.2) is 0 Å². The Morgan fingerprint density at radius 2 is 2.25 bits per heavy atom. The van der Waals surface area contributed by atoms with Crippen molar-refractivity contribution in [3.05, 3.63) is 0 Å². The summed E-state index contributed by atoms with van der Waals surface area (Å²) in [7, 11) is 0. The normalized spacial score (nSPS) is 26.1. The number of amides is 1. The van der Waals surface area contributed by atoms with Crippen LogP contribution in [0.1, 0.15) is 58.3 Å². The molecule has 0 spiro atoms. The van der Waals surface area contributed by atoms with Crippen molar-refractivity contribution in [2.45, 2.75) is 70.4 Å². The molecule has 2 rings (SSSR count). The van der Waals surface area contributed by atoms with Gasteiger partial charge >= 0.3 is 0 Å². The van der Waals surface area contributed by atoms with E-state index in [0.29, 0.717) is 24.5 Å². The van der Waals surface area contributed by atoms with Crippen molar-refractivity contribution >= 4 is 5.91 Å². The lowest BCUT2D eigenvalue weighted by Crippen LogP contribution is -2.41. The van der Waals surface area contributed by atoms with Crippen molar-refractivity contribution in [3.63, 3.8) is 0 Å². The minimum atomic E-state index is 0.322. The second kappa shape index (κ2) is 8.63. The molecule has 2 aliphatic rings. The number of nitrogens with zero attached hydrogens (tertiary/aromatic N) is 1. The van der Waals surface area contributed by atoms with E-state index < -0.39 is 0 Å². The zero-order valence-electron chi connectivity index (χ0n) is 12.9. The zero-order chi connectivity index (χ0) is 14.2. The number of ether oxygens (including phenoxy) is 1. The van der Waals surface area contributed by atoms with Gasteiger partial charge in [-0.3, -0.25) is 4.79 Å². The van der Waals surface area contributed by atoms with Gasteiger partial charge in [0, 0.05) is 32.2 Å². The molecule has 116 valence electrons. The summed E-state index contributed by atoms with van der Waals surface area (Å²) in [5.74, 6) is 0.322. The maximum Gasteiger partial charge on any atom is 0.222 e. The van der Waals surface area contributed by atoms with Gasteiger partial charge in [0.05, 0.1) is 6.10 Å². The predicted molar refractivity (Wildman–Crippen MR) is 80.7 cm³/mol. The Morgan fingerprint density at radius 3 is 2.90 bits per heavy atom. The van der Waals surface area contributed by atoms with E-state index >= 15 is 0 Å². The van der Waals surface area contributed by atoms with Gasteiger partial charge in [0.15, 0.2) is 0 Å². The van der Waals surface area contributed by atoms with Gasteiger partial charge in [0.1, 0.15) is 0 Å². The third kappa shape index (κ3) is 5.06. The highest BCUT2D eigenvalue weighted by Gasteiger charge is 2.23. The van der Waals surface area contributed by atoms with Crippen LogP contribution in [0.25, 0.3) is 0 Å². The Kier molecular flexibility index (Phi) is 6.80. The summed E-state index contributed by atoms with van der Waals surface area (Å²) in [4.78, 5) is 14.5. The highest BCUT2D eigenvalue weighted by Crippen LogP contribution is 2.18. The first-order valence-corrected chi connectivity index (χ1v) is 8.42. The first-order chi connectivity index (χ1) is 9.79. The van der Waals surface area contributed by atoms with E-state index in [9.17, 15) is 4.79 Å². The summed E-state index contributed by atoms with van der Waals surface area (Å²) in [5.41, 5.74) is 0. The summed E-state index contributed by atoms with van der Waals surface area (Å²) >= 11 is 0. The van der Waals surface area contributed by atoms with Gasteiger partial charge in [-0.2, -0.15) is 0 Å². The SMILES string of the molecule is CCCCN(CC1CCCN1)C(=O)CCC1CCCO1. The van der Waals surface area contributed by atoms with Crippen molar-refractivity contribution in [3.8, 4) is 0 Å². The number of hydrogen-bond donors (Lipinski definition) is 1. The molecule has 0 saturated carbocycles. The minimum Gasteiger partial charge on any atom is -0.378 e.